The Morgan fingerprint density at radius 1 is 1.35 bits per heavy atom. The van der Waals surface area contributed by atoms with Gasteiger partial charge in [-0.05, 0) is 24.3 Å². The second-order valence-electron chi connectivity index (χ2n) is 3.18. The smallest absolute Gasteiger partial charge is 0.263 e. The van der Waals surface area contributed by atoms with E-state index in [2.05, 4.69) is 15.0 Å². The van der Waals surface area contributed by atoms with E-state index in [1.807, 2.05) is 0 Å². The van der Waals surface area contributed by atoms with E-state index in [9.17, 15) is 9.18 Å². The molecule has 0 saturated heterocycles. The number of rotatable bonds is 4. The summed E-state index contributed by atoms with van der Waals surface area (Å²) in [4.78, 5) is 11.4. The fourth-order valence-corrected chi connectivity index (χ4v) is 1.14. The highest BCUT2D eigenvalue weighted by atomic mass is 19.1. The first-order valence-corrected chi connectivity index (χ1v) is 4.82. The zero-order chi connectivity index (χ0) is 12.1. The van der Waals surface area contributed by atoms with Crippen LogP contribution in [0.25, 0.3) is 0 Å². The van der Waals surface area contributed by atoms with E-state index in [0.29, 0.717) is 11.6 Å². The minimum absolute atomic E-state index is 0.182. The number of carbonyl (C=O) groups is 1. The summed E-state index contributed by atoms with van der Waals surface area (Å²) in [6, 6.07) is 6.91. The predicted molar refractivity (Wildman–Crippen MR) is 57.0 cm³/mol. The van der Waals surface area contributed by atoms with E-state index in [-0.39, 0.29) is 18.3 Å². The molecule has 0 unspecified atom stereocenters. The molecule has 0 bridgehead atoms. The number of aromatic nitrogens is 1. The van der Waals surface area contributed by atoms with Crippen LogP contribution >= 0.6 is 0 Å². The second kappa shape index (κ2) is 5.11. The monoisotopic (exact) mass is 236 g/mol. The Hall–Kier alpha value is -2.37. The summed E-state index contributed by atoms with van der Waals surface area (Å²) < 4.78 is 22.3. The first kappa shape index (κ1) is 11.1. The third-order valence-electron chi connectivity index (χ3n) is 1.89. The highest BCUT2D eigenvalue weighted by Gasteiger charge is 2.05. The molecule has 0 fully saturated rings. The van der Waals surface area contributed by atoms with Gasteiger partial charge in [0, 0.05) is 6.07 Å². The van der Waals surface area contributed by atoms with Crippen LogP contribution < -0.4 is 10.1 Å². The van der Waals surface area contributed by atoms with Crippen LogP contribution in [0.1, 0.15) is 0 Å². The van der Waals surface area contributed by atoms with Crippen molar-refractivity contribution in [2.24, 2.45) is 0 Å². The Balaban J connectivity index is 1.82. The minimum atomic E-state index is -0.372. The molecule has 17 heavy (non-hydrogen) atoms. The van der Waals surface area contributed by atoms with Crippen molar-refractivity contribution in [3.63, 3.8) is 0 Å². The van der Waals surface area contributed by atoms with Gasteiger partial charge in [0.05, 0.1) is 0 Å². The standard InChI is InChI=1S/C11H9FN2O3/c12-8-1-3-9(4-2-8)16-7-11(15)13-10-5-6-17-14-10/h1-6H,7H2,(H,13,14,15). The molecule has 1 heterocycles. The van der Waals surface area contributed by atoms with Gasteiger partial charge in [-0.1, -0.05) is 5.16 Å². The Labute approximate surface area is 96.2 Å². The molecular formula is C11H9FN2O3. The van der Waals surface area contributed by atoms with Crippen molar-refractivity contribution in [3.8, 4) is 5.75 Å². The van der Waals surface area contributed by atoms with Crippen molar-refractivity contribution in [2.75, 3.05) is 11.9 Å². The predicted octanol–water partition coefficient (Wildman–Crippen LogP) is 1.83. The molecule has 0 aliphatic rings. The van der Waals surface area contributed by atoms with Gasteiger partial charge in [0.25, 0.3) is 5.91 Å². The summed E-state index contributed by atoms with van der Waals surface area (Å²) in [6.45, 7) is -0.182. The van der Waals surface area contributed by atoms with E-state index in [1.165, 1.54) is 36.6 Å². The maximum absolute atomic E-state index is 12.6. The lowest BCUT2D eigenvalue weighted by molar-refractivity contribution is -0.118. The Kier molecular flexibility index (Phi) is 3.34. The number of hydrogen-bond donors (Lipinski definition) is 1. The SMILES string of the molecule is O=C(COc1ccc(F)cc1)Nc1ccon1. The van der Waals surface area contributed by atoms with Crippen molar-refractivity contribution >= 4 is 11.7 Å². The van der Waals surface area contributed by atoms with Crippen LogP contribution in [0.2, 0.25) is 0 Å². The number of benzene rings is 1. The van der Waals surface area contributed by atoms with Gasteiger partial charge in [-0.3, -0.25) is 4.79 Å². The van der Waals surface area contributed by atoms with Gasteiger partial charge in [-0.25, -0.2) is 4.39 Å². The maximum Gasteiger partial charge on any atom is 0.263 e. The summed E-state index contributed by atoms with van der Waals surface area (Å²) in [5, 5.41) is 5.97. The Morgan fingerprint density at radius 2 is 2.12 bits per heavy atom. The molecule has 2 rings (SSSR count). The number of amides is 1. The highest BCUT2D eigenvalue weighted by molar-refractivity contribution is 5.90. The Morgan fingerprint density at radius 3 is 2.76 bits per heavy atom. The van der Waals surface area contributed by atoms with Crippen LogP contribution in [0.15, 0.2) is 41.1 Å². The topological polar surface area (TPSA) is 64.4 Å². The molecule has 2 aromatic rings. The molecule has 0 saturated carbocycles. The molecule has 0 aliphatic carbocycles. The molecule has 5 nitrogen and oxygen atoms in total. The lowest BCUT2D eigenvalue weighted by Gasteiger charge is -2.05. The van der Waals surface area contributed by atoms with Crippen molar-refractivity contribution in [1.29, 1.82) is 0 Å². The molecule has 6 heteroatoms. The lowest BCUT2D eigenvalue weighted by atomic mass is 10.3. The normalized spacial score (nSPS) is 9.94. The fraction of sp³-hybridized carbons (Fsp3) is 0.0909. The van der Waals surface area contributed by atoms with Crippen LogP contribution in [-0.4, -0.2) is 17.7 Å². The van der Waals surface area contributed by atoms with Crippen molar-refractivity contribution in [3.05, 3.63) is 42.4 Å². The zero-order valence-electron chi connectivity index (χ0n) is 8.72. The van der Waals surface area contributed by atoms with Gasteiger partial charge >= 0.3 is 0 Å². The lowest BCUT2D eigenvalue weighted by Crippen LogP contribution is -2.20. The van der Waals surface area contributed by atoms with Crippen molar-refractivity contribution < 1.29 is 18.4 Å². The fourth-order valence-electron chi connectivity index (χ4n) is 1.14. The summed E-state index contributed by atoms with van der Waals surface area (Å²) in [5.41, 5.74) is 0. The molecule has 0 spiro atoms. The third-order valence-corrected chi connectivity index (χ3v) is 1.89. The number of nitrogens with zero attached hydrogens (tertiary/aromatic N) is 1. The summed E-state index contributed by atoms with van der Waals surface area (Å²) in [5.74, 6) is 0.00651. The number of ether oxygens (including phenoxy) is 1. The molecule has 1 amide bonds. The number of halogens is 1. The first-order chi connectivity index (χ1) is 8.24. The molecule has 1 aromatic heterocycles. The molecule has 0 radical (unpaired) electrons. The van der Waals surface area contributed by atoms with Crippen LogP contribution in [0.5, 0.6) is 5.75 Å². The van der Waals surface area contributed by atoms with Crippen LogP contribution in [0.3, 0.4) is 0 Å². The first-order valence-electron chi connectivity index (χ1n) is 4.82. The van der Waals surface area contributed by atoms with Gasteiger partial charge in [0.1, 0.15) is 17.8 Å². The van der Waals surface area contributed by atoms with Crippen LogP contribution in [-0.2, 0) is 4.79 Å². The van der Waals surface area contributed by atoms with Crippen LogP contribution in [0.4, 0.5) is 10.2 Å². The third kappa shape index (κ3) is 3.30. The number of hydrogen-bond acceptors (Lipinski definition) is 4. The van der Waals surface area contributed by atoms with E-state index in [0.717, 1.165) is 0 Å². The molecular weight excluding hydrogens is 227 g/mol. The minimum Gasteiger partial charge on any atom is -0.484 e. The van der Waals surface area contributed by atoms with E-state index >= 15 is 0 Å². The number of anilines is 1. The van der Waals surface area contributed by atoms with Gasteiger partial charge in [0.15, 0.2) is 12.4 Å². The second-order valence-corrected chi connectivity index (χ2v) is 3.18. The quantitative estimate of drug-likeness (QED) is 0.879. The van der Waals surface area contributed by atoms with Gasteiger partial charge in [-0.2, -0.15) is 0 Å². The molecule has 1 aromatic carbocycles. The molecule has 88 valence electrons. The van der Waals surface area contributed by atoms with E-state index in [1.54, 1.807) is 0 Å². The van der Waals surface area contributed by atoms with E-state index < -0.39 is 0 Å². The Bertz CT molecular complexity index is 482. The van der Waals surface area contributed by atoms with Crippen molar-refractivity contribution in [1.82, 2.24) is 5.16 Å². The largest absolute Gasteiger partial charge is 0.484 e. The summed E-state index contributed by atoms with van der Waals surface area (Å²) in [6.07, 6.45) is 1.34. The molecule has 1 N–H and O–H groups in total. The number of nitrogens with one attached hydrogen (secondary N) is 1. The average molecular weight is 236 g/mol. The van der Waals surface area contributed by atoms with Gasteiger partial charge in [-0.15, -0.1) is 0 Å². The number of carbonyl (C=O) groups excluding carboxylic acids is 1. The highest BCUT2D eigenvalue weighted by Crippen LogP contribution is 2.11. The summed E-state index contributed by atoms with van der Waals surface area (Å²) >= 11 is 0. The summed E-state index contributed by atoms with van der Waals surface area (Å²) in [7, 11) is 0. The maximum atomic E-state index is 12.6. The zero-order valence-corrected chi connectivity index (χ0v) is 8.72. The van der Waals surface area contributed by atoms with Gasteiger partial charge < -0.3 is 14.6 Å². The van der Waals surface area contributed by atoms with Crippen molar-refractivity contribution in [2.45, 2.75) is 0 Å². The van der Waals surface area contributed by atoms with E-state index in [4.69, 9.17) is 4.74 Å². The van der Waals surface area contributed by atoms with Gasteiger partial charge in [0.2, 0.25) is 0 Å². The van der Waals surface area contributed by atoms with Crippen LogP contribution in [0, 0.1) is 5.82 Å². The molecule has 0 aliphatic heterocycles. The molecule has 0 atom stereocenters. The average Bonchev–Trinajstić information content (AvgIpc) is 2.81.